The number of carboxylic acid groups (broad SMARTS) is 1. The molecule has 20 heavy (non-hydrogen) atoms. The Balaban J connectivity index is 1.73. The lowest BCUT2D eigenvalue weighted by atomic mass is 10.0. The molecule has 0 amide bonds. The summed E-state index contributed by atoms with van der Waals surface area (Å²) < 4.78 is 0. The third-order valence-electron chi connectivity index (χ3n) is 3.87. The van der Waals surface area contributed by atoms with E-state index in [-0.39, 0.29) is 6.42 Å². The Morgan fingerprint density at radius 3 is 2.65 bits per heavy atom. The van der Waals surface area contributed by atoms with Gasteiger partial charge in [0.15, 0.2) is 0 Å². The Bertz CT molecular complexity index is 437. The van der Waals surface area contributed by atoms with Crippen LogP contribution in [0.2, 0.25) is 0 Å². The molecule has 0 atom stereocenters. The number of hydrogen-bond donors (Lipinski definition) is 2. The molecule has 2 heterocycles. The van der Waals surface area contributed by atoms with Crippen LogP contribution in [0.1, 0.15) is 36.4 Å². The van der Waals surface area contributed by atoms with Gasteiger partial charge in [-0.15, -0.1) is 11.3 Å². The summed E-state index contributed by atoms with van der Waals surface area (Å²) in [5.74, 6) is -0.757. The van der Waals surface area contributed by atoms with Crippen molar-refractivity contribution < 1.29 is 9.90 Å². The second-order valence-electron chi connectivity index (χ2n) is 5.72. The second kappa shape index (κ2) is 7.20. The van der Waals surface area contributed by atoms with Gasteiger partial charge in [0, 0.05) is 28.4 Å². The molecule has 112 valence electrons. The van der Waals surface area contributed by atoms with Gasteiger partial charge < -0.3 is 15.3 Å². The number of hydrogen-bond acceptors (Lipinski definition) is 4. The van der Waals surface area contributed by atoms with Crippen molar-refractivity contribution in [3.8, 4) is 0 Å². The quantitative estimate of drug-likeness (QED) is 0.846. The number of piperidine rings is 1. The smallest absolute Gasteiger partial charge is 0.308 e. The van der Waals surface area contributed by atoms with Crippen LogP contribution in [-0.2, 0) is 17.8 Å². The maximum Gasteiger partial charge on any atom is 0.308 e. The van der Waals surface area contributed by atoms with E-state index in [9.17, 15) is 4.79 Å². The summed E-state index contributed by atoms with van der Waals surface area (Å²) in [6.45, 7) is 7.71. The summed E-state index contributed by atoms with van der Waals surface area (Å²) in [5.41, 5.74) is 0. The van der Waals surface area contributed by atoms with Gasteiger partial charge in [-0.3, -0.25) is 4.79 Å². The Kier molecular flexibility index (Phi) is 5.57. The number of carboxylic acids is 1. The predicted octanol–water partition coefficient (Wildman–Crippen LogP) is 2.34. The molecule has 0 saturated carbocycles. The molecular weight excluding hydrogens is 272 g/mol. The van der Waals surface area contributed by atoms with Gasteiger partial charge in [0.1, 0.15) is 0 Å². The first-order valence-electron chi connectivity index (χ1n) is 7.31. The van der Waals surface area contributed by atoms with E-state index in [1.54, 1.807) is 11.3 Å². The van der Waals surface area contributed by atoms with Gasteiger partial charge in [0.05, 0.1) is 6.42 Å². The van der Waals surface area contributed by atoms with Gasteiger partial charge in [-0.2, -0.15) is 0 Å². The molecule has 0 aliphatic carbocycles. The average Bonchev–Trinajstić information content (AvgIpc) is 2.83. The highest BCUT2D eigenvalue weighted by Gasteiger charge is 2.20. The fraction of sp³-hybridized carbons (Fsp3) is 0.667. The Morgan fingerprint density at radius 1 is 1.40 bits per heavy atom. The minimum Gasteiger partial charge on any atom is -0.481 e. The number of aliphatic carboxylic acids is 1. The summed E-state index contributed by atoms with van der Waals surface area (Å²) in [4.78, 5) is 15.3. The summed E-state index contributed by atoms with van der Waals surface area (Å²) >= 11 is 1.60. The number of likely N-dealkylation sites (tertiary alicyclic amines) is 1. The summed E-state index contributed by atoms with van der Waals surface area (Å²) in [5, 5.41) is 12.4. The molecule has 0 unspecified atom stereocenters. The van der Waals surface area contributed by atoms with Gasteiger partial charge >= 0.3 is 5.97 Å². The maximum atomic E-state index is 10.7. The number of nitrogens with zero attached hydrogens (tertiary/aromatic N) is 1. The highest BCUT2D eigenvalue weighted by Crippen LogP contribution is 2.18. The first kappa shape index (κ1) is 15.5. The normalized spacial score (nSPS) is 17.8. The molecule has 5 heteroatoms. The number of thiophene rings is 1. The lowest BCUT2D eigenvalue weighted by Crippen LogP contribution is -2.44. The fourth-order valence-corrected chi connectivity index (χ4v) is 3.59. The molecule has 1 fully saturated rings. The second-order valence-corrected chi connectivity index (χ2v) is 6.98. The van der Waals surface area contributed by atoms with E-state index < -0.39 is 5.97 Å². The van der Waals surface area contributed by atoms with Crippen LogP contribution in [0.3, 0.4) is 0 Å². The molecule has 1 aliphatic heterocycles. The molecule has 0 radical (unpaired) electrons. The lowest BCUT2D eigenvalue weighted by molar-refractivity contribution is -0.136. The van der Waals surface area contributed by atoms with Crippen LogP contribution in [-0.4, -0.2) is 41.1 Å². The molecule has 0 bridgehead atoms. The van der Waals surface area contributed by atoms with Crippen molar-refractivity contribution in [1.29, 1.82) is 0 Å². The van der Waals surface area contributed by atoms with Gasteiger partial charge in [-0.1, -0.05) is 0 Å². The minimum absolute atomic E-state index is 0.136. The van der Waals surface area contributed by atoms with Crippen molar-refractivity contribution in [2.24, 2.45) is 0 Å². The van der Waals surface area contributed by atoms with Crippen molar-refractivity contribution in [1.82, 2.24) is 10.2 Å². The van der Waals surface area contributed by atoms with Crippen molar-refractivity contribution in [2.45, 2.75) is 51.7 Å². The van der Waals surface area contributed by atoms with E-state index in [4.69, 9.17) is 5.11 Å². The van der Waals surface area contributed by atoms with Crippen LogP contribution in [0.25, 0.3) is 0 Å². The van der Waals surface area contributed by atoms with Crippen LogP contribution in [0.5, 0.6) is 0 Å². The fourth-order valence-electron chi connectivity index (χ4n) is 2.63. The molecule has 2 N–H and O–H groups in total. The van der Waals surface area contributed by atoms with Crippen LogP contribution in [0.15, 0.2) is 12.1 Å². The van der Waals surface area contributed by atoms with Gasteiger partial charge in [-0.25, -0.2) is 0 Å². The third-order valence-corrected chi connectivity index (χ3v) is 4.95. The van der Waals surface area contributed by atoms with Crippen LogP contribution >= 0.6 is 11.3 Å². The Labute approximate surface area is 124 Å². The standard InChI is InChI=1S/C15H24N2O2S/c1-11(2)17-7-5-12(6-8-17)16-10-14-4-3-13(20-14)9-15(18)19/h3-4,11-12,16H,5-10H2,1-2H3,(H,18,19). The van der Waals surface area contributed by atoms with E-state index in [0.29, 0.717) is 12.1 Å². The first-order valence-corrected chi connectivity index (χ1v) is 8.13. The van der Waals surface area contributed by atoms with Crippen molar-refractivity contribution in [3.05, 3.63) is 21.9 Å². The summed E-state index contributed by atoms with van der Waals surface area (Å²) in [6.07, 6.45) is 2.54. The molecule has 1 aromatic heterocycles. The monoisotopic (exact) mass is 296 g/mol. The molecule has 0 aromatic carbocycles. The van der Waals surface area contributed by atoms with E-state index in [1.165, 1.54) is 30.8 Å². The molecule has 2 rings (SSSR count). The predicted molar refractivity (Wildman–Crippen MR) is 82.2 cm³/mol. The third kappa shape index (κ3) is 4.58. The van der Waals surface area contributed by atoms with Gasteiger partial charge in [-0.05, 0) is 51.9 Å². The topological polar surface area (TPSA) is 52.6 Å². The van der Waals surface area contributed by atoms with Crippen molar-refractivity contribution >= 4 is 17.3 Å². The van der Waals surface area contributed by atoms with Crippen LogP contribution in [0, 0.1) is 0 Å². The zero-order valence-corrected chi connectivity index (χ0v) is 13.1. The molecule has 0 spiro atoms. The Morgan fingerprint density at radius 2 is 2.05 bits per heavy atom. The molecule has 4 nitrogen and oxygen atoms in total. The van der Waals surface area contributed by atoms with Crippen molar-refractivity contribution in [2.75, 3.05) is 13.1 Å². The lowest BCUT2D eigenvalue weighted by Gasteiger charge is -2.34. The molecular formula is C15H24N2O2S. The minimum atomic E-state index is -0.757. The number of rotatable bonds is 6. The summed E-state index contributed by atoms with van der Waals surface area (Å²) in [7, 11) is 0. The summed E-state index contributed by atoms with van der Waals surface area (Å²) in [6, 6.07) is 5.21. The van der Waals surface area contributed by atoms with Crippen LogP contribution < -0.4 is 5.32 Å². The number of carbonyl (C=O) groups is 1. The highest BCUT2D eigenvalue weighted by molar-refractivity contribution is 7.12. The largest absolute Gasteiger partial charge is 0.481 e. The zero-order valence-electron chi connectivity index (χ0n) is 12.3. The molecule has 1 aliphatic rings. The van der Waals surface area contributed by atoms with E-state index in [2.05, 4.69) is 24.1 Å². The zero-order chi connectivity index (χ0) is 14.5. The SMILES string of the molecule is CC(C)N1CCC(NCc2ccc(CC(=O)O)s2)CC1. The maximum absolute atomic E-state index is 10.7. The van der Waals surface area contributed by atoms with Crippen molar-refractivity contribution in [3.63, 3.8) is 0 Å². The average molecular weight is 296 g/mol. The Hall–Kier alpha value is -0.910. The van der Waals surface area contributed by atoms with Crippen LogP contribution in [0.4, 0.5) is 0 Å². The van der Waals surface area contributed by atoms with E-state index in [1.807, 2.05) is 12.1 Å². The highest BCUT2D eigenvalue weighted by atomic mass is 32.1. The molecule has 1 aromatic rings. The van der Waals surface area contributed by atoms with Gasteiger partial charge in [0.2, 0.25) is 0 Å². The van der Waals surface area contributed by atoms with E-state index in [0.717, 1.165) is 11.4 Å². The number of nitrogens with one attached hydrogen (secondary N) is 1. The first-order chi connectivity index (χ1) is 9.54. The molecule has 1 saturated heterocycles. The van der Waals surface area contributed by atoms with Gasteiger partial charge in [0.25, 0.3) is 0 Å². The van der Waals surface area contributed by atoms with E-state index >= 15 is 0 Å².